The van der Waals surface area contributed by atoms with Gasteiger partial charge in [0.15, 0.2) is 0 Å². The van der Waals surface area contributed by atoms with Crippen LogP contribution in [0.4, 0.5) is 0 Å². The van der Waals surface area contributed by atoms with Crippen LogP contribution in [0.1, 0.15) is 11.1 Å². The number of halogens is 9. The Labute approximate surface area is 309 Å². The van der Waals surface area contributed by atoms with Crippen LogP contribution in [0.5, 0.6) is 23.0 Å². The van der Waals surface area contributed by atoms with Crippen molar-refractivity contribution in [2.75, 3.05) is 0 Å². The van der Waals surface area contributed by atoms with Crippen LogP contribution in [-0.2, 0) is 0 Å². The van der Waals surface area contributed by atoms with Gasteiger partial charge in [0.25, 0.3) is 6.71 Å². The maximum absolute atomic E-state index is 6.77. The highest BCUT2D eigenvalue weighted by atomic mass is 127. The smallest absolute Gasteiger partial charge is 0.263 e. The van der Waals surface area contributed by atoms with Crippen LogP contribution in [0, 0.1) is 46.0 Å². The molecule has 2 nitrogen and oxygen atoms in total. The van der Waals surface area contributed by atoms with Gasteiger partial charge in [-0.1, -0.05) is 0 Å². The van der Waals surface area contributed by atoms with Gasteiger partial charge in [0.2, 0.25) is 0 Å². The number of ether oxygens (including phenoxy) is 2. The first-order valence-electron chi connectivity index (χ1n) is 8.88. The molecular weight excluding hydrogens is 1430 g/mol. The fraction of sp³-hybridized carbons (Fsp3) is 0.100. The fourth-order valence-electron chi connectivity index (χ4n) is 4.03. The standard InChI is InChI=1S/C20H6BI9O2/c1-3-4(2)17-5(9(23)8(3)22)21-6-10(24)11(25)12(26)14(28)18(6)32-20-7(21)19(31-17)15(29)13(27)16(20)30/h1-2H3. The summed E-state index contributed by atoms with van der Waals surface area (Å²) in [5, 5.41) is 0. The van der Waals surface area contributed by atoms with Crippen LogP contribution < -0.4 is 25.9 Å². The molecule has 0 bridgehead atoms. The summed E-state index contributed by atoms with van der Waals surface area (Å²) >= 11 is 22.2. The minimum absolute atomic E-state index is 0.0807. The molecule has 2 heterocycles. The Kier molecular flexibility index (Phi) is 8.70. The van der Waals surface area contributed by atoms with Crippen LogP contribution >= 0.6 is 203 Å². The van der Waals surface area contributed by atoms with E-state index in [9.17, 15) is 0 Å². The zero-order chi connectivity index (χ0) is 23.4. The molecule has 0 saturated carbocycles. The molecule has 32 heavy (non-hydrogen) atoms. The van der Waals surface area contributed by atoms with E-state index in [1.807, 2.05) is 0 Å². The Morgan fingerprint density at radius 1 is 0.406 bits per heavy atom. The monoisotopic (exact) mass is 1430 g/mol. The van der Waals surface area contributed by atoms with Gasteiger partial charge in [-0.25, -0.2) is 0 Å². The van der Waals surface area contributed by atoms with E-state index in [1.54, 1.807) is 0 Å². The van der Waals surface area contributed by atoms with Gasteiger partial charge in [-0.15, -0.1) is 0 Å². The van der Waals surface area contributed by atoms with E-state index in [1.165, 1.54) is 52.5 Å². The second kappa shape index (κ2) is 10.1. The van der Waals surface area contributed by atoms with E-state index < -0.39 is 0 Å². The van der Waals surface area contributed by atoms with Crippen molar-refractivity contribution in [2.24, 2.45) is 0 Å². The van der Waals surface area contributed by atoms with Gasteiger partial charge in [0.1, 0.15) is 23.0 Å². The van der Waals surface area contributed by atoms with Gasteiger partial charge >= 0.3 is 0 Å². The number of hydrogen-bond donors (Lipinski definition) is 0. The van der Waals surface area contributed by atoms with Gasteiger partial charge in [-0.3, -0.25) is 0 Å². The van der Waals surface area contributed by atoms with E-state index in [0.717, 1.165) is 30.1 Å². The van der Waals surface area contributed by atoms with E-state index in [-0.39, 0.29) is 6.71 Å². The number of fused-ring (bicyclic) bond motifs is 4. The molecule has 0 atom stereocenters. The molecule has 0 N–H and O–H groups in total. The van der Waals surface area contributed by atoms with Crippen molar-refractivity contribution in [3.8, 4) is 23.0 Å². The highest BCUT2D eigenvalue weighted by molar-refractivity contribution is 14.1. The number of benzene rings is 3. The van der Waals surface area contributed by atoms with E-state index in [0.29, 0.717) is 0 Å². The molecule has 0 amide bonds. The largest absolute Gasteiger partial charge is 0.457 e. The second-order valence-corrected chi connectivity index (χ2v) is 17.0. The lowest BCUT2D eigenvalue weighted by atomic mass is 9.34. The van der Waals surface area contributed by atoms with Crippen molar-refractivity contribution >= 4 is 226 Å². The zero-order valence-electron chi connectivity index (χ0n) is 15.8. The summed E-state index contributed by atoms with van der Waals surface area (Å²) in [5.74, 6) is 3.91. The lowest BCUT2D eigenvalue weighted by molar-refractivity contribution is 0.455. The third-order valence-electron chi connectivity index (χ3n) is 5.71. The zero-order valence-corrected chi connectivity index (χ0v) is 35.2. The first kappa shape index (κ1) is 27.5. The Morgan fingerprint density at radius 3 is 1.34 bits per heavy atom. The molecule has 12 heteroatoms. The molecule has 0 radical (unpaired) electrons. The van der Waals surface area contributed by atoms with Crippen LogP contribution in [-0.4, -0.2) is 6.71 Å². The third kappa shape index (κ3) is 3.99. The molecule has 3 aromatic carbocycles. The maximum Gasteiger partial charge on any atom is 0.263 e. The number of rotatable bonds is 0. The fourth-order valence-corrected chi connectivity index (χ4v) is 11.6. The summed E-state index contributed by atoms with van der Waals surface area (Å²) in [5.41, 5.74) is 6.22. The van der Waals surface area contributed by atoms with Gasteiger partial charge in [-0.05, 0) is 239 Å². The third-order valence-corrected chi connectivity index (χ3v) is 21.8. The maximum atomic E-state index is 6.77. The predicted octanol–water partition coefficient (Wildman–Crippen LogP) is 8.47. The Balaban J connectivity index is 2.03. The normalized spacial score (nSPS) is 13.3. The molecule has 3 aromatic rings. The number of hydrogen-bond acceptors (Lipinski definition) is 2. The van der Waals surface area contributed by atoms with Crippen molar-refractivity contribution < 1.29 is 9.47 Å². The van der Waals surface area contributed by atoms with Crippen molar-refractivity contribution in [3.05, 3.63) is 43.3 Å². The summed E-state index contributed by atoms with van der Waals surface area (Å²) in [6, 6.07) is 0. The summed E-state index contributed by atoms with van der Waals surface area (Å²) in [6.07, 6.45) is 0. The Bertz CT molecular complexity index is 1260. The van der Waals surface area contributed by atoms with Gasteiger partial charge in [0, 0.05) is 26.9 Å². The van der Waals surface area contributed by atoms with E-state index in [4.69, 9.17) is 9.47 Å². The Morgan fingerprint density at radius 2 is 0.781 bits per heavy atom. The molecule has 0 aromatic heterocycles. The minimum atomic E-state index is 0.0807. The van der Waals surface area contributed by atoms with Crippen molar-refractivity contribution in [3.63, 3.8) is 0 Å². The Hall–Kier alpha value is 3.89. The summed E-state index contributed by atoms with van der Waals surface area (Å²) < 4.78 is 24.6. The predicted molar refractivity (Wildman–Crippen MR) is 208 cm³/mol. The lowest BCUT2D eigenvalue weighted by Gasteiger charge is -2.37. The average molecular weight is 1430 g/mol. The molecule has 5 rings (SSSR count). The van der Waals surface area contributed by atoms with Crippen LogP contribution in [0.25, 0.3) is 0 Å². The van der Waals surface area contributed by atoms with Crippen molar-refractivity contribution in [2.45, 2.75) is 13.8 Å². The average Bonchev–Trinajstić information content (AvgIpc) is 2.79. The van der Waals surface area contributed by atoms with Gasteiger partial charge in [-0.2, -0.15) is 0 Å². The van der Waals surface area contributed by atoms with Crippen LogP contribution in [0.2, 0.25) is 0 Å². The quantitative estimate of drug-likeness (QED) is 0.0672. The molecule has 0 saturated heterocycles. The lowest BCUT2D eigenvalue weighted by Crippen LogP contribution is -2.60. The summed E-state index contributed by atoms with van der Waals surface area (Å²) in [6.45, 7) is 4.47. The molecule has 0 spiro atoms. The van der Waals surface area contributed by atoms with Crippen molar-refractivity contribution in [1.29, 1.82) is 0 Å². The molecule has 0 fully saturated rings. The molecule has 2 aliphatic rings. The van der Waals surface area contributed by atoms with Gasteiger partial charge in [0.05, 0.1) is 10.7 Å². The highest BCUT2D eigenvalue weighted by Gasteiger charge is 2.47. The van der Waals surface area contributed by atoms with E-state index >= 15 is 0 Å². The molecule has 164 valence electrons. The summed E-state index contributed by atoms with van der Waals surface area (Å²) in [7, 11) is 0. The molecule has 0 unspecified atom stereocenters. The van der Waals surface area contributed by atoms with Crippen LogP contribution in [0.15, 0.2) is 0 Å². The summed E-state index contributed by atoms with van der Waals surface area (Å²) in [4.78, 5) is 0. The minimum Gasteiger partial charge on any atom is -0.457 e. The van der Waals surface area contributed by atoms with Gasteiger partial charge < -0.3 is 9.47 Å². The first-order valence-corrected chi connectivity index (χ1v) is 18.6. The molecule has 2 aliphatic heterocycles. The topological polar surface area (TPSA) is 18.5 Å². The molecular formula is C20H6BI9O2. The van der Waals surface area contributed by atoms with Crippen molar-refractivity contribution in [1.82, 2.24) is 0 Å². The SMILES string of the molecule is Cc1c(C)c2c(c(I)c1I)B1c3c(I)c(I)c(I)c(I)c3Oc3c(I)c(I)c(I)c(c31)O2. The van der Waals surface area contributed by atoms with E-state index in [2.05, 4.69) is 217 Å². The first-order chi connectivity index (χ1) is 15.0. The molecule has 0 aliphatic carbocycles. The highest BCUT2D eigenvalue weighted by Crippen LogP contribution is 2.46. The second-order valence-electron chi connectivity index (χ2n) is 7.27. The van der Waals surface area contributed by atoms with Crippen LogP contribution in [0.3, 0.4) is 0 Å².